The van der Waals surface area contributed by atoms with Gasteiger partial charge in [0.2, 0.25) is 10.0 Å². The van der Waals surface area contributed by atoms with Crippen LogP contribution in [-0.2, 0) is 19.6 Å². The minimum absolute atomic E-state index is 0.391. The highest BCUT2D eigenvalue weighted by atomic mass is 32.2. The van der Waals surface area contributed by atoms with E-state index in [1.54, 1.807) is 25.6 Å². The molecule has 8 nitrogen and oxygen atoms in total. The Labute approximate surface area is 100 Å². The summed E-state index contributed by atoms with van der Waals surface area (Å²) in [5, 5.41) is 2.17. The fourth-order valence-corrected chi connectivity index (χ4v) is 0.960. The van der Waals surface area contributed by atoms with Crippen LogP contribution in [0.25, 0.3) is 0 Å². The van der Waals surface area contributed by atoms with Gasteiger partial charge in [-0.3, -0.25) is 10.2 Å². The largest absolute Gasteiger partial charge is 0.444 e. The summed E-state index contributed by atoms with van der Waals surface area (Å²) in [6, 6.07) is 0. The molecule has 0 aliphatic rings. The third-order valence-corrected chi connectivity index (χ3v) is 1.64. The second kappa shape index (κ2) is 5.82. The maximum absolute atomic E-state index is 11.1. The van der Waals surface area contributed by atoms with Crippen molar-refractivity contribution in [1.29, 1.82) is 0 Å². The highest BCUT2D eigenvalue weighted by molar-refractivity contribution is 7.88. The van der Waals surface area contributed by atoms with Crippen molar-refractivity contribution >= 4 is 22.0 Å². The number of carbonyl (C=O) groups is 2. The second-order valence-electron chi connectivity index (χ2n) is 4.28. The number of carbonyl (C=O) groups excluding carboxylic acids is 2. The summed E-state index contributed by atoms with van der Waals surface area (Å²) < 4.78 is 26.1. The predicted octanol–water partition coefficient (Wildman–Crippen LogP) is -0.908. The smallest absolute Gasteiger partial charge is 0.408 e. The average Bonchev–Trinajstić information content (AvgIpc) is 2.07. The molecule has 0 saturated carbocycles. The molecule has 0 aliphatic carbocycles. The molecule has 0 heterocycles. The Morgan fingerprint density at radius 3 is 2.18 bits per heavy atom. The standard InChI is InChI=1S/C8H17N3O5S/c1-8(2,3)16-7(13)9-5-6(12)10-11-17(4,14)15/h11H,5H2,1-4H3,(H,9,13)(H,10,12). The van der Waals surface area contributed by atoms with Crippen molar-refractivity contribution in [2.24, 2.45) is 0 Å². The van der Waals surface area contributed by atoms with Crippen LogP contribution in [0.1, 0.15) is 20.8 Å². The molecule has 2 amide bonds. The fraction of sp³-hybridized carbons (Fsp3) is 0.750. The molecule has 9 heteroatoms. The van der Waals surface area contributed by atoms with Crippen LogP contribution in [-0.4, -0.2) is 38.8 Å². The second-order valence-corrected chi connectivity index (χ2v) is 6.03. The summed E-state index contributed by atoms with van der Waals surface area (Å²) in [4.78, 5) is 23.9. The van der Waals surface area contributed by atoms with Crippen LogP contribution in [0.2, 0.25) is 0 Å². The third-order valence-electron chi connectivity index (χ3n) is 1.17. The molecule has 0 saturated heterocycles. The highest BCUT2D eigenvalue weighted by Gasteiger charge is 2.16. The van der Waals surface area contributed by atoms with Gasteiger partial charge >= 0.3 is 6.09 Å². The number of rotatable bonds is 4. The number of amides is 2. The van der Waals surface area contributed by atoms with Crippen molar-refractivity contribution < 1.29 is 22.7 Å². The number of sulfonamides is 1. The molecule has 0 rings (SSSR count). The molecule has 0 bridgehead atoms. The average molecular weight is 267 g/mol. The summed E-state index contributed by atoms with van der Waals surface area (Å²) in [5.41, 5.74) is 1.23. The summed E-state index contributed by atoms with van der Waals surface area (Å²) in [7, 11) is -3.51. The zero-order valence-electron chi connectivity index (χ0n) is 10.2. The van der Waals surface area contributed by atoms with Crippen LogP contribution in [0, 0.1) is 0 Å². The van der Waals surface area contributed by atoms with Crippen molar-refractivity contribution in [1.82, 2.24) is 15.6 Å². The van der Waals surface area contributed by atoms with Crippen molar-refractivity contribution in [3.63, 3.8) is 0 Å². The van der Waals surface area contributed by atoms with Gasteiger partial charge < -0.3 is 10.1 Å². The zero-order valence-corrected chi connectivity index (χ0v) is 11.0. The molecule has 0 atom stereocenters. The van der Waals surface area contributed by atoms with Crippen LogP contribution in [0.15, 0.2) is 0 Å². The first kappa shape index (κ1) is 15.7. The van der Waals surface area contributed by atoms with Gasteiger partial charge in [-0.05, 0) is 20.8 Å². The number of hydrazine groups is 1. The van der Waals surface area contributed by atoms with Gasteiger partial charge in [0.15, 0.2) is 0 Å². The number of alkyl carbamates (subject to hydrolysis) is 1. The monoisotopic (exact) mass is 267 g/mol. The van der Waals surface area contributed by atoms with Gasteiger partial charge in [-0.25, -0.2) is 13.2 Å². The Hall–Kier alpha value is -1.35. The Morgan fingerprint density at radius 1 is 1.24 bits per heavy atom. The maximum atomic E-state index is 11.1. The van der Waals surface area contributed by atoms with Gasteiger partial charge in [0, 0.05) is 0 Å². The summed E-state index contributed by atoms with van der Waals surface area (Å²) in [6.45, 7) is 4.64. The number of nitrogens with one attached hydrogen (secondary N) is 3. The van der Waals surface area contributed by atoms with Crippen LogP contribution in [0.4, 0.5) is 4.79 Å². The van der Waals surface area contributed by atoms with Crippen molar-refractivity contribution in [2.45, 2.75) is 26.4 Å². The lowest BCUT2D eigenvalue weighted by atomic mass is 10.2. The molecular weight excluding hydrogens is 250 g/mol. The van der Waals surface area contributed by atoms with E-state index in [2.05, 4.69) is 5.32 Å². The van der Waals surface area contributed by atoms with E-state index in [4.69, 9.17) is 4.74 Å². The molecule has 0 fully saturated rings. The minimum atomic E-state index is -3.51. The van der Waals surface area contributed by atoms with Gasteiger partial charge in [-0.2, -0.15) is 0 Å². The van der Waals surface area contributed by atoms with Crippen LogP contribution in [0.5, 0.6) is 0 Å². The first-order valence-corrected chi connectivity index (χ1v) is 6.61. The van der Waals surface area contributed by atoms with Crippen molar-refractivity contribution in [3.05, 3.63) is 0 Å². The van der Waals surface area contributed by atoms with Crippen molar-refractivity contribution in [3.8, 4) is 0 Å². The van der Waals surface area contributed by atoms with Gasteiger partial charge in [-0.15, -0.1) is 4.83 Å². The SMILES string of the molecule is CC(C)(C)OC(=O)NCC(=O)NNS(C)(=O)=O. The molecule has 100 valence electrons. The first-order chi connectivity index (χ1) is 7.49. The molecule has 0 aromatic heterocycles. The van der Waals surface area contributed by atoms with E-state index < -0.39 is 34.2 Å². The molecule has 0 unspecified atom stereocenters. The molecule has 0 aromatic carbocycles. The molecule has 3 N–H and O–H groups in total. The first-order valence-electron chi connectivity index (χ1n) is 4.72. The summed E-state index contributed by atoms with van der Waals surface area (Å²) in [5.74, 6) is -0.707. The summed E-state index contributed by atoms with van der Waals surface area (Å²) >= 11 is 0. The molecule has 0 spiro atoms. The topological polar surface area (TPSA) is 114 Å². The van der Waals surface area contributed by atoms with Crippen LogP contribution in [0.3, 0.4) is 0 Å². The maximum Gasteiger partial charge on any atom is 0.408 e. The van der Waals surface area contributed by atoms with E-state index in [9.17, 15) is 18.0 Å². The van der Waals surface area contributed by atoms with E-state index in [-0.39, 0.29) is 0 Å². The normalized spacial score (nSPS) is 11.8. The van der Waals surface area contributed by atoms with Crippen LogP contribution < -0.4 is 15.6 Å². The summed E-state index contributed by atoms with van der Waals surface area (Å²) in [6.07, 6.45) is 0.126. The van der Waals surface area contributed by atoms with E-state index >= 15 is 0 Å². The Morgan fingerprint density at radius 2 is 1.76 bits per heavy atom. The number of hydrogen-bond acceptors (Lipinski definition) is 5. The van der Waals surface area contributed by atoms with E-state index in [1.165, 1.54) is 0 Å². The quantitative estimate of drug-likeness (QED) is 0.571. The lowest BCUT2D eigenvalue weighted by Gasteiger charge is -2.19. The Kier molecular flexibility index (Phi) is 5.36. The van der Waals surface area contributed by atoms with Gasteiger partial charge in [0.1, 0.15) is 12.1 Å². The molecule has 0 aromatic rings. The van der Waals surface area contributed by atoms with Crippen LogP contribution >= 0.6 is 0 Å². The lowest BCUT2D eigenvalue weighted by Crippen LogP contribution is -2.46. The Bertz CT molecular complexity index is 384. The van der Waals surface area contributed by atoms with Gasteiger partial charge in [-0.1, -0.05) is 0 Å². The zero-order chi connectivity index (χ0) is 13.7. The Balaban J connectivity index is 3.89. The molecular formula is C8H17N3O5S. The van der Waals surface area contributed by atoms with E-state index in [0.717, 1.165) is 6.26 Å². The third kappa shape index (κ3) is 10.9. The van der Waals surface area contributed by atoms with E-state index in [1.807, 2.05) is 5.43 Å². The minimum Gasteiger partial charge on any atom is -0.444 e. The lowest BCUT2D eigenvalue weighted by molar-refractivity contribution is -0.120. The number of hydrogen-bond donors (Lipinski definition) is 3. The number of ether oxygens (including phenoxy) is 1. The van der Waals surface area contributed by atoms with Crippen molar-refractivity contribution in [2.75, 3.05) is 12.8 Å². The predicted molar refractivity (Wildman–Crippen MR) is 60.4 cm³/mol. The highest BCUT2D eigenvalue weighted by Crippen LogP contribution is 2.05. The molecule has 0 radical (unpaired) electrons. The van der Waals surface area contributed by atoms with Gasteiger partial charge in [0.25, 0.3) is 5.91 Å². The van der Waals surface area contributed by atoms with E-state index in [0.29, 0.717) is 0 Å². The van der Waals surface area contributed by atoms with Gasteiger partial charge in [0.05, 0.1) is 6.26 Å². The fourth-order valence-electron chi connectivity index (χ4n) is 0.660. The molecule has 0 aliphatic heterocycles. The molecule has 17 heavy (non-hydrogen) atoms.